The average Bonchev–Trinajstić information content (AvgIpc) is 3.19. The molecule has 150 valence electrons. The van der Waals surface area contributed by atoms with Crippen molar-refractivity contribution in [2.75, 3.05) is 18.0 Å². The molecular weight excluding hydrogens is 352 g/mol. The Kier molecular flexibility index (Phi) is 4.52. The summed E-state index contributed by atoms with van der Waals surface area (Å²) in [4.78, 5) is 31.9. The van der Waals surface area contributed by atoms with Gasteiger partial charge in [0.15, 0.2) is 0 Å². The number of rotatable bonds is 4. The Morgan fingerprint density at radius 3 is 2.32 bits per heavy atom. The maximum Gasteiger partial charge on any atom is 0.273 e. The first kappa shape index (κ1) is 18.0. The lowest BCUT2D eigenvalue weighted by Crippen LogP contribution is -2.50. The summed E-state index contributed by atoms with van der Waals surface area (Å²) in [7, 11) is 0. The molecule has 0 spiro atoms. The molecule has 1 saturated heterocycles. The number of aromatic nitrogens is 1. The summed E-state index contributed by atoms with van der Waals surface area (Å²) in [5.41, 5.74) is 6.04. The second-order valence-corrected chi connectivity index (χ2v) is 9.67. The van der Waals surface area contributed by atoms with E-state index in [0.29, 0.717) is 17.8 Å². The molecule has 6 rings (SSSR count). The lowest BCUT2D eigenvalue weighted by molar-refractivity contribution is -0.130. The molecule has 28 heavy (non-hydrogen) atoms. The van der Waals surface area contributed by atoms with Gasteiger partial charge in [-0.25, -0.2) is 4.98 Å². The van der Waals surface area contributed by atoms with Crippen LogP contribution < -0.4 is 15.8 Å². The van der Waals surface area contributed by atoms with Gasteiger partial charge in [0.1, 0.15) is 5.82 Å². The van der Waals surface area contributed by atoms with Crippen molar-refractivity contribution < 1.29 is 9.59 Å². The van der Waals surface area contributed by atoms with Crippen LogP contribution in [0, 0.1) is 23.2 Å². The lowest BCUT2D eigenvalue weighted by Gasteiger charge is -2.56. The number of nitrogens with zero attached hydrogens (tertiary/aromatic N) is 2. The number of anilines is 1. The molecule has 0 unspecified atom stereocenters. The van der Waals surface area contributed by atoms with E-state index in [1.54, 1.807) is 18.3 Å². The molecule has 5 fully saturated rings. The first-order valence-corrected chi connectivity index (χ1v) is 10.9. The van der Waals surface area contributed by atoms with E-state index >= 15 is 0 Å². The van der Waals surface area contributed by atoms with Gasteiger partial charge < -0.3 is 4.90 Å². The number of hydrazine groups is 1. The van der Waals surface area contributed by atoms with Crippen molar-refractivity contribution >= 4 is 17.6 Å². The lowest BCUT2D eigenvalue weighted by atomic mass is 9.49. The van der Waals surface area contributed by atoms with E-state index in [1.807, 2.05) is 0 Å². The van der Waals surface area contributed by atoms with Crippen LogP contribution in [0.5, 0.6) is 0 Å². The van der Waals surface area contributed by atoms with Gasteiger partial charge in [0.25, 0.3) is 5.91 Å². The van der Waals surface area contributed by atoms with Crippen LogP contribution in [0.2, 0.25) is 0 Å². The van der Waals surface area contributed by atoms with Crippen molar-refractivity contribution in [2.24, 2.45) is 23.2 Å². The molecule has 5 aliphatic rings. The van der Waals surface area contributed by atoms with E-state index in [-0.39, 0.29) is 17.2 Å². The van der Waals surface area contributed by atoms with Gasteiger partial charge in [-0.1, -0.05) is 0 Å². The topological polar surface area (TPSA) is 74.3 Å². The first-order chi connectivity index (χ1) is 13.6. The van der Waals surface area contributed by atoms with Crippen LogP contribution in [0.15, 0.2) is 18.3 Å². The van der Waals surface area contributed by atoms with Crippen LogP contribution in [0.25, 0.3) is 0 Å². The summed E-state index contributed by atoms with van der Waals surface area (Å²) in [5.74, 6) is 2.86. The molecule has 6 nitrogen and oxygen atoms in total. The minimum atomic E-state index is -0.283. The zero-order valence-electron chi connectivity index (χ0n) is 16.5. The van der Waals surface area contributed by atoms with Gasteiger partial charge in [-0.3, -0.25) is 20.4 Å². The van der Waals surface area contributed by atoms with Crippen LogP contribution in [-0.4, -0.2) is 29.9 Å². The third kappa shape index (κ3) is 3.38. The summed E-state index contributed by atoms with van der Waals surface area (Å²) in [6, 6.07) is 3.55. The monoisotopic (exact) mass is 382 g/mol. The predicted molar refractivity (Wildman–Crippen MR) is 107 cm³/mol. The first-order valence-electron chi connectivity index (χ1n) is 10.9. The van der Waals surface area contributed by atoms with E-state index in [0.717, 1.165) is 43.7 Å². The van der Waals surface area contributed by atoms with Crippen molar-refractivity contribution in [1.82, 2.24) is 15.8 Å². The fourth-order valence-electron chi connectivity index (χ4n) is 6.84. The number of carbonyl (C=O) groups excluding carboxylic acids is 2. The van der Waals surface area contributed by atoms with Crippen LogP contribution in [0.4, 0.5) is 5.82 Å². The fourth-order valence-corrected chi connectivity index (χ4v) is 6.84. The fraction of sp³-hybridized carbons (Fsp3) is 0.682. The number of carbonyl (C=O) groups is 2. The largest absolute Gasteiger partial charge is 0.356 e. The van der Waals surface area contributed by atoms with Gasteiger partial charge in [-0.05, 0) is 86.7 Å². The van der Waals surface area contributed by atoms with Gasteiger partial charge in [-0.2, -0.15) is 0 Å². The molecule has 4 saturated carbocycles. The SMILES string of the molecule is O=C(CC12CC3CC(CC(C3)C1)C2)NNC(=O)c1cccnc1N1CCCC1. The van der Waals surface area contributed by atoms with E-state index < -0.39 is 0 Å². The Balaban J connectivity index is 1.20. The van der Waals surface area contributed by atoms with Crippen LogP contribution >= 0.6 is 0 Å². The Morgan fingerprint density at radius 2 is 1.68 bits per heavy atom. The molecule has 2 amide bonds. The molecular formula is C22H30N4O2. The number of hydrogen-bond acceptors (Lipinski definition) is 4. The van der Waals surface area contributed by atoms with Gasteiger partial charge in [-0.15, -0.1) is 0 Å². The second kappa shape index (κ2) is 7.05. The number of nitrogens with one attached hydrogen (secondary N) is 2. The minimum absolute atomic E-state index is 0.0538. The van der Waals surface area contributed by atoms with Crippen LogP contribution in [0.3, 0.4) is 0 Å². The third-order valence-electron chi connectivity index (χ3n) is 7.45. The Morgan fingerprint density at radius 1 is 1.04 bits per heavy atom. The molecule has 4 aliphatic carbocycles. The Hall–Kier alpha value is -2.11. The average molecular weight is 383 g/mol. The van der Waals surface area contributed by atoms with E-state index in [1.165, 1.54) is 38.5 Å². The summed E-state index contributed by atoms with van der Waals surface area (Å²) in [5, 5.41) is 0. The smallest absolute Gasteiger partial charge is 0.273 e. The van der Waals surface area contributed by atoms with Crippen molar-refractivity contribution in [3.63, 3.8) is 0 Å². The summed E-state index contributed by atoms with van der Waals surface area (Å²) >= 11 is 0. The maximum absolute atomic E-state index is 12.7. The Labute approximate surface area is 166 Å². The summed E-state index contributed by atoms with van der Waals surface area (Å²) in [6.45, 7) is 1.85. The van der Waals surface area contributed by atoms with E-state index in [2.05, 4.69) is 20.7 Å². The van der Waals surface area contributed by atoms with Gasteiger partial charge in [0.2, 0.25) is 5.91 Å². The maximum atomic E-state index is 12.7. The zero-order valence-corrected chi connectivity index (χ0v) is 16.5. The highest BCUT2D eigenvalue weighted by molar-refractivity contribution is 5.99. The molecule has 0 radical (unpaired) electrons. The highest BCUT2D eigenvalue weighted by atomic mass is 16.2. The van der Waals surface area contributed by atoms with Gasteiger partial charge in [0.05, 0.1) is 5.56 Å². The number of hydrogen-bond donors (Lipinski definition) is 2. The molecule has 0 atom stereocenters. The summed E-state index contributed by atoms with van der Waals surface area (Å²) < 4.78 is 0. The highest BCUT2D eigenvalue weighted by Crippen LogP contribution is 2.61. The van der Waals surface area contributed by atoms with E-state index in [9.17, 15) is 9.59 Å². The third-order valence-corrected chi connectivity index (χ3v) is 7.45. The van der Waals surface area contributed by atoms with Crippen molar-refractivity contribution in [1.29, 1.82) is 0 Å². The second-order valence-electron chi connectivity index (χ2n) is 9.67. The quantitative estimate of drug-likeness (QED) is 0.785. The molecule has 4 bridgehead atoms. The van der Waals surface area contributed by atoms with Gasteiger partial charge >= 0.3 is 0 Å². The molecule has 2 heterocycles. The van der Waals surface area contributed by atoms with Crippen LogP contribution in [0.1, 0.15) is 68.1 Å². The molecule has 0 aromatic carbocycles. The van der Waals surface area contributed by atoms with E-state index in [4.69, 9.17) is 0 Å². The van der Waals surface area contributed by atoms with Gasteiger partial charge in [0, 0.05) is 25.7 Å². The minimum Gasteiger partial charge on any atom is -0.356 e. The van der Waals surface area contributed by atoms with Crippen molar-refractivity contribution in [3.05, 3.63) is 23.9 Å². The number of pyridine rings is 1. The molecule has 1 aromatic heterocycles. The zero-order chi connectivity index (χ0) is 19.1. The highest BCUT2D eigenvalue weighted by Gasteiger charge is 2.51. The van der Waals surface area contributed by atoms with Crippen molar-refractivity contribution in [2.45, 2.75) is 57.8 Å². The Bertz CT molecular complexity index is 736. The predicted octanol–water partition coefficient (Wildman–Crippen LogP) is 3.05. The standard InChI is InChI=1S/C22H30N4O2/c27-19(14-22-11-15-8-16(12-22)10-17(9-15)13-22)24-25-21(28)18-4-3-5-23-20(18)26-6-1-2-7-26/h3-5,15-17H,1-2,6-14H2,(H,24,27)(H,25,28). The molecule has 1 aromatic rings. The van der Waals surface area contributed by atoms with Crippen molar-refractivity contribution in [3.8, 4) is 0 Å². The normalized spacial score (nSPS) is 33.1. The summed E-state index contributed by atoms with van der Waals surface area (Å²) in [6.07, 6.45) is 12.2. The molecule has 6 heteroatoms. The molecule has 1 aliphatic heterocycles. The number of amides is 2. The molecule has 2 N–H and O–H groups in total. The van der Waals surface area contributed by atoms with Crippen LogP contribution in [-0.2, 0) is 4.79 Å².